The molecule has 2 N–H and O–H groups in total. The van der Waals surface area contributed by atoms with Gasteiger partial charge in [-0.1, -0.05) is 20.8 Å². The van der Waals surface area contributed by atoms with Gasteiger partial charge in [-0.3, -0.25) is 4.99 Å². The summed E-state index contributed by atoms with van der Waals surface area (Å²) in [6.45, 7) is 14.2. The summed E-state index contributed by atoms with van der Waals surface area (Å²) in [7, 11) is 1.83. The second-order valence-electron chi connectivity index (χ2n) is 7.85. The van der Waals surface area contributed by atoms with E-state index in [1.807, 2.05) is 7.05 Å². The summed E-state index contributed by atoms with van der Waals surface area (Å²) in [5, 5.41) is 10.2. The second-order valence-corrected chi connectivity index (χ2v) is 8.79. The van der Waals surface area contributed by atoms with E-state index in [0.29, 0.717) is 12.1 Å². The number of nitrogens with one attached hydrogen (secondary N) is 2. The lowest BCUT2D eigenvalue weighted by Gasteiger charge is -2.35. The van der Waals surface area contributed by atoms with Crippen LogP contribution in [0.5, 0.6) is 0 Å². The highest BCUT2D eigenvalue weighted by Crippen LogP contribution is 2.23. The first kappa shape index (κ1) is 22.6. The number of guanidine groups is 1. The van der Waals surface area contributed by atoms with Crippen LogP contribution >= 0.6 is 35.3 Å². The molecule has 0 aliphatic carbocycles. The van der Waals surface area contributed by atoms with Gasteiger partial charge in [-0.2, -0.15) is 0 Å². The molecule has 1 aliphatic rings. The van der Waals surface area contributed by atoms with Crippen molar-refractivity contribution in [3.05, 3.63) is 16.1 Å². The van der Waals surface area contributed by atoms with Crippen LogP contribution in [0.3, 0.4) is 0 Å². The van der Waals surface area contributed by atoms with Crippen molar-refractivity contribution in [3.63, 3.8) is 0 Å². The Kier molecular flexibility index (Phi) is 9.11. The molecule has 1 aromatic heterocycles. The number of halogens is 1. The molecule has 7 heteroatoms. The zero-order valence-corrected chi connectivity index (χ0v) is 19.6. The molecule has 1 aromatic rings. The maximum Gasteiger partial charge on any atom is 0.191 e. The molecule has 0 atom stereocenters. The summed E-state index contributed by atoms with van der Waals surface area (Å²) in [5.74, 6) is 0.880. The molecule has 5 nitrogen and oxygen atoms in total. The number of aromatic nitrogens is 1. The maximum atomic E-state index is 4.73. The predicted molar refractivity (Wildman–Crippen MR) is 119 cm³/mol. The van der Waals surface area contributed by atoms with Gasteiger partial charge in [-0.15, -0.1) is 35.3 Å². The van der Waals surface area contributed by atoms with Crippen molar-refractivity contribution in [2.75, 3.05) is 20.1 Å². The van der Waals surface area contributed by atoms with Crippen molar-refractivity contribution in [2.45, 2.75) is 71.5 Å². The minimum atomic E-state index is 0. The van der Waals surface area contributed by atoms with Crippen molar-refractivity contribution >= 4 is 41.3 Å². The number of hydrogen-bond acceptors (Lipinski definition) is 4. The Morgan fingerprint density at radius 3 is 2.48 bits per heavy atom. The topological polar surface area (TPSA) is 52.6 Å². The van der Waals surface area contributed by atoms with Crippen molar-refractivity contribution in [2.24, 2.45) is 4.99 Å². The van der Waals surface area contributed by atoms with E-state index >= 15 is 0 Å². The highest BCUT2D eigenvalue weighted by atomic mass is 127. The summed E-state index contributed by atoms with van der Waals surface area (Å²) in [6.07, 6.45) is 2.34. The zero-order valence-electron chi connectivity index (χ0n) is 16.4. The van der Waals surface area contributed by atoms with Crippen LogP contribution in [0.4, 0.5) is 0 Å². The summed E-state index contributed by atoms with van der Waals surface area (Å²) in [5.41, 5.74) is 1.27. The number of piperidine rings is 1. The lowest BCUT2D eigenvalue weighted by Crippen LogP contribution is -2.49. The van der Waals surface area contributed by atoms with E-state index < -0.39 is 0 Å². The van der Waals surface area contributed by atoms with Crippen LogP contribution in [-0.2, 0) is 12.0 Å². The zero-order chi connectivity index (χ0) is 17.7. The standard InChI is InChI=1S/C18H33N5S.HI/c1-13(2)23-9-7-14(8-10-23)21-17(19-6)20-11-16-22-15(12-24-16)18(3,4)5;/h12-14H,7-11H2,1-6H3,(H2,19,20,21);1H. The molecule has 2 rings (SSSR count). The Morgan fingerprint density at radius 2 is 2.00 bits per heavy atom. The van der Waals surface area contributed by atoms with Crippen LogP contribution in [0.25, 0.3) is 0 Å². The lowest BCUT2D eigenvalue weighted by atomic mass is 9.93. The van der Waals surface area contributed by atoms with Crippen molar-refractivity contribution in [1.29, 1.82) is 0 Å². The maximum absolute atomic E-state index is 4.73. The second kappa shape index (κ2) is 10.1. The minimum Gasteiger partial charge on any atom is -0.354 e. The van der Waals surface area contributed by atoms with E-state index in [9.17, 15) is 0 Å². The summed E-state index contributed by atoms with van der Waals surface area (Å²) in [4.78, 5) is 11.6. The average Bonchev–Trinajstić information content (AvgIpc) is 3.01. The number of rotatable bonds is 4. The van der Waals surface area contributed by atoms with Crippen molar-refractivity contribution in [3.8, 4) is 0 Å². The van der Waals surface area contributed by atoms with Gasteiger partial charge >= 0.3 is 0 Å². The highest BCUT2D eigenvalue weighted by Gasteiger charge is 2.21. The van der Waals surface area contributed by atoms with Gasteiger partial charge in [0.1, 0.15) is 5.01 Å². The highest BCUT2D eigenvalue weighted by molar-refractivity contribution is 14.0. The largest absolute Gasteiger partial charge is 0.354 e. The Balaban J connectivity index is 0.00000312. The molecule has 0 aromatic carbocycles. The fourth-order valence-electron chi connectivity index (χ4n) is 2.84. The monoisotopic (exact) mass is 479 g/mol. The van der Waals surface area contributed by atoms with Gasteiger partial charge < -0.3 is 15.5 Å². The van der Waals surface area contributed by atoms with E-state index in [1.54, 1.807) is 11.3 Å². The van der Waals surface area contributed by atoms with Crippen molar-refractivity contribution < 1.29 is 0 Å². The molecular weight excluding hydrogens is 445 g/mol. The Bertz CT molecular complexity index is 542. The van der Waals surface area contributed by atoms with Gasteiger partial charge in [-0.05, 0) is 26.7 Å². The van der Waals surface area contributed by atoms with E-state index in [1.165, 1.54) is 12.8 Å². The van der Waals surface area contributed by atoms with Crippen LogP contribution in [0, 0.1) is 0 Å². The van der Waals surface area contributed by atoms with Gasteiger partial charge in [0, 0.05) is 43.0 Å². The number of aliphatic imine (C=N–C) groups is 1. The number of likely N-dealkylation sites (tertiary alicyclic amines) is 1. The lowest BCUT2D eigenvalue weighted by molar-refractivity contribution is 0.167. The van der Waals surface area contributed by atoms with E-state index in [-0.39, 0.29) is 29.4 Å². The molecule has 2 heterocycles. The number of nitrogens with zero attached hydrogens (tertiary/aromatic N) is 3. The fraction of sp³-hybridized carbons (Fsp3) is 0.778. The Labute approximate surface area is 174 Å². The number of thiazole rings is 1. The molecule has 0 saturated carbocycles. The van der Waals surface area contributed by atoms with E-state index in [2.05, 4.69) is 60.5 Å². The van der Waals surface area contributed by atoms with Crippen LogP contribution in [0.15, 0.2) is 10.4 Å². The van der Waals surface area contributed by atoms with Crippen LogP contribution < -0.4 is 10.6 Å². The third kappa shape index (κ3) is 7.02. The van der Waals surface area contributed by atoms with Crippen LogP contribution in [0.1, 0.15) is 58.2 Å². The SMILES string of the molecule is CN=C(NCc1nc(C(C)(C)C)cs1)NC1CCN(C(C)C)CC1.I. The first-order valence-corrected chi connectivity index (χ1v) is 9.83. The first-order valence-electron chi connectivity index (χ1n) is 8.95. The third-order valence-electron chi connectivity index (χ3n) is 4.55. The van der Waals surface area contributed by atoms with Gasteiger partial charge in [0.25, 0.3) is 0 Å². The molecule has 1 saturated heterocycles. The summed E-state index contributed by atoms with van der Waals surface area (Å²) in [6, 6.07) is 1.15. The van der Waals surface area contributed by atoms with Crippen LogP contribution in [0.2, 0.25) is 0 Å². The Morgan fingerprint density at radius 1 is 1.36 bits per heavy atom. The van der Waals surface area contributed by atoms with Gasteiger partial charge in [0.05, 0.1) is 12.2 Å². The Hall–Kier alpha value is -0.410. The molecule has 0 spiro atoms. The molecular formula is C18H34IN5S. The van der Waals surface area contributed by atoms with E-state index in [0.717, 1.165) is 36.3 Å². The molecule has 0 amide bonds. The van der Waals surface area contributed by atoms with Crippen molar-refractivity contribution in [1.82, 2.24) is 20.5 Å². The third-order valence-corrected chi connectivity index (χ3v) is 5.40. The van der Waals surface area contributed by atoms with Crippen LogP contribution in [-0.4, -0.2) is 48.1 Å². The molecule has 0 radical (unpaired) electrons. The molecule has 0 bridgehead atoms. The van der Waals surface area contributed by atoms with E-state index in [4.69, 9.17) is 4.98 Å². The smallest absolute Gasteiger partial charge is 0.191 e. The minimum absolute atomic E-state index is 0. The molecule has 144 valence electrons. The molecule has 1 fully saturated rings. The molecule has 0 unspecified atom stereocenters. The molecule has 1 aliphatic heterocycles. The normalized spacial score (nSPS) is 17.5. The quantitative estimate of drug-likeness (QED) is 0.394. The number of hydrogen-bond donors (Lipinski definition) is 2. The predicted octanol–water partition coefficient (Wildman–Crippen LogP) is 3.60. The molecule has 25 heavy (non-hydrogen) atoms. The van der Waals surface area contributed by atoms with Gasteiger partial charge in [0.2, 0.25) is 0 Å². The summed E-state index contributed by atoms with van der Waals surface area (Å²) >= 11 is 1.72. The average molecular weight is 479 g/mol. The summed E-state index contributed by atoms with van der Waals surface area (Å²) < 4.78 is 0. The first-order chi connectivity index (χ1) is 11.3. The van der Waals surface area contributed by atoms with Gasteiger partial charge in [-0.25, -0.2) is 4.98 Å². The fourth-order valence-corrected chi connectivity index (χ4v) is 3.80. The van der Waals surface area contributed by atoms with Gasteiger partial charge in [0.15, 0.2) is 5.96 Å².